The van der Waals surface area contributed by atoms with Gasteiger partial charge in [-0.2, -0.15) is 0 Å². The number of aryl methyl sites for hydroxylation is 1. The first kappa shape index (κ1) is 15.6. The highest BCUT2D eigenvalue weighted by molar-refractivity contribution is 6.03. The molecule has 0 aliphatic carbocycles. The number of anilines is 2. The van der Waals surface area contributed by atoms with E-state index in [1.54, 1.807) is 49.0 Å². The normalized spacial score (nSPS) is 10.3. The van der Waals surface area contributed by atoms with Crippen LogP contribution in [0.25, 0.3) is 0 Å². The minimum atomic E-state index is -0.291. The Labute approximate surface area is 128 Å². The van der Waals surface area contributed by atoms with Gasteiger partial charge in [-0.3, -0.25) is 9.59 Å². The quantitative estimate of drug-likeness (QED) is 0.827. The van der Waals surface area contributed by atoms with Gasteiger partial charge in [0.1, 0.15) is 5.69 Å². The number of nitrogens with zero attached hydrogens (tertiary/aromatic N) is 1. The van der Waals surface area contributed by atoms with Crippen LogP contribution in [0.3, 0.4) is 0 Å². The number of nitrogen functional groups attached to an aromatic ring is 1. The van der Waals surface area contributed by atoms with Crippen LogP contribution in [0, 0.1) is 0 Å². The minimum absolute atomic E-state index is 0.175. The van der Waals surface area contributed by atoms with E-state index in [1.807, 2.05) is 6.07 Å². The summed E-state index contributed by atoms with van der Waals surface area (Å²) in [7, 11) is 1.75. The van der Waals surface area contributed by atoms with E-state index in [2.05, 4.69) is 5.32 Å². The van der Waals surface area contributed by atoms with Crippen molar-refractivity contribution in [3.63, 3.8) is 0 Å². The number of nitrogens with one attached hydrogen (secondary N) is 1. The summed E-state index contributed by atoms with van der Waals surface area (Å²) < 4.78 is 6.57. The second-order valence-electron chi connectivity index (χ2n) is 4.91. The molecule has 0 atom stereocenters. The summed E-state index contributed by atoms with van der Waals surface area (Å²) in [4.78, 5) is 23.7. The Morgan fingerprint density at radius 1 is 1.32 bits per heavy atom. The number of benzene rings is 1. The van der Waals surface area contributed by atoms with Gasteiger partial charge >= 0.3 is 5.97 Å². The van der Waals surface area contributed by atoms with E-state index < -0.39 is 0 Å². The molecule has 0 fully saturated rings. The lowest BCUT2D eigenvalue weighted by atomic mass is 10.1. The molecule has 3 N–H and O–H groups in total. The Bertz CT molecular complexity index is 692. The van der Waals surface area contributed by atoms with Crippen molar-refractivity contribution in [1.82, 2.24) is 4.57 Å². The van der Waals surface area contributed by atoms with E-state index >= 15 is 0 Å². The van der Waals surface area contributed by atoms with Crippen LogP contribution in [0.5, 0.6) is 0 Å². The number of ether oxygens (including phenoxy) is 1. The maximum atomic E-state index is 12.2. The summed E-state index contributed by atoms with van der Waals surface area (Å²) >= 11 is 0. The number of aromatic nitrogens is 1. The molecule has 2 aromatic rings. The standard InChI is InChI=1S/C16H19N3O3/c1-3-22-15(20)8-11-5-4-6-13(7-11)18-16(21)14-9-12(17)10-19(14)2/h4-7,9-10H,3,8,17H2,1-2H3,(H,18,21). The zero-order valence-electron chi connectivity index (χ0n) is 12.6. The van der Waals surface area contributed by atoms with Crippen LogP contribution in [-0.4, -0.2) is 23.1 Å². The van der Waals surface area contributed by atoms with Crippen LogP contribution < -0.4 is 11.1 Å². The van der Waals surface area contributed by atoms with Gasteiger partial charge in [0, 0.05) is 18.9 Å². The lowest BCUT2D eigenvalue weighted by Gasteiger charge is -2.08. The third kappa shape index (κ3) is 3.88. The second-order valence-corrected chi connectivity index (χ2v) is 4.91. The van der Waals surface area contributed by atoms with E-state index in [4.69, 9.17) is 10.5 Å². The summed E-state index contributed by atoms with van der Waals surface area (Å²) in [5.41, 5.74) is 8.06. The largest absolute Gasteiger partial charge is 0.466 e. The van der Waals surface area contributed by atoms with Crippen molar-refractivity contribution in [2.24, 2.45) is 7.05 Å². The van der Waals surface area contributed by atoms with Gasteiger partial charge in [-0.1, -0.05) is 12.1 Å². The first-order valence-electron chi connectivity index (χ1n) is 6.97. The number of carbonyl (C=O) groups excluding carboxylic acids is 2. The predicted octanol–water partition coefficient (Wildman–Crippen LogP) is 1.97. The number of nitrogens with two attached hydrogens (primary N) is 1. The molecule has 0 radical (unpaired) electrons. The van der Waals surface area contributed by atoms with Crippen LogP contribution in [0.2, 0.25) is 0 Å². The maximum absolute atomic E-state index is 12.2. The van der Waals surface area contributed by atoms with Crippen molar-refractivity contribution in [2.45, 2.75) is 13.3 Å². The van der Waals surface area contributed by atoms with Gasteiger partial charge in [-0.25, -0.2) is 0 Å². The molecule has 0 aliphatic heterocycles. The van der Waals surface area contributed by atoms with Crippen LogP contribution in [-0.2, 0) is 23.0 Å². The first-order valence-corrected chi connectivity index (χ1v) is 6.97. The summed E-state index contributed by atoms with van der Waals surface area (Å²) in [6.07, 6.45) is 1.85. The fraction of sp³-hybridized carbons (Fsp3) is 0.250. The van der Waals surface area contributed by atoms with Gasteiger partial charge in [0.2, 0.25) is 0 Å². The van der Waals surface area contributed by atoms with Crippen molar-refractivity contribution in [3.05, 3.63) is 47.8 Å². The van der Waals surface area contributed by atoms with Gasteiger partial charge < -0.3 is 20.4 Å². The fourth-order valence-corrected chi connectivity index (χ4v) is 2.15. The zero-order chi connectivity index (χ0) is 16.1. The number of hydrogen-bond acceptors (Lipinski definition) is 4. The average Bonchev–Trinajstić information content (AvgIpc) is 2.78. The minimum Gasteiger partial charge on any atom is -0.466 e. The van der Waals surface area contributed by atoms with Crippen molar-refractivity contribution in [1.29, 1.82) is 0 Å². The number of rotatable bonds is 5. The van der Waals surface area contributed by atoms with Gasteiger partial charge in [0.05, 0.1) is 18.7 Å². The van der Waals surface area contributed by atoms with Crippen molar-refractivity contribution in [3.8, 4) is 0 Å². The van der Waals surface area contributed by atoms with E-state index in [1.165, 1.54) is 0 Å². The van der Waals surface area contributed by atoms with Crippen LogP contribution >= 0.6 is 0 Å². The number of carbonyl (C=O) groups is 2. The number of hydrogen-bond donors (Lipinski definition) is 2. The summed E-state index contributed by atoms with van der Waals surface area (Å²) in [6, 6.07) is 8.72. The SMILES string of the molecule is CCOC(=O)Cc1cccc(NC(=O)c2cc(N)cn2C)c1. The van der Waals surface area contributed by atoms with Crippen LogP contribution in [0.4, 0.5) is 11.4 Å². The molecule has 1 amide bonds. The average molecular weight is 301 g/mol. The molecule has 2 rings (SSSR count). The molecule has 0 bridgehead atoms. The summed E-state index contributed by atoms with van der Waals surface area (Å²) in [5, 5.41) is 2.79. The van der Waals surface area contributed by atoms with E-state index in [9.17, 15) is 9.59 Å². The molecular weight excluding hydrogens is 282 g/mol. The van der Waals surface area contributed by atoms with Gasteiger partial charge in [0.15, 0.2) is 0 Å². The Morgan fingerprint density at radius 2 is 2.09 bits per heavy atom. The first-order chi connectivity index (χ1) is 10.5. The van der Waals surface area contributed by atoms with E-state index in [-0.39, 0.29) is 18.3 Å². The molecule has 1 aromatic heterocycles. The van der Waals surface area contributed by atoms with Crippen LogP contribution in [0.15, 0.2) is 36.5 Å². The third-order valence-electron chi connectivity index (χ3n) is 3.10. The molecule has 0 unspecified atom stereocenters. The summed E-state index contributed by atoms with van der Waals surface area (Å²) in [5.74, 6) is -0.548. The van der Waals surface area contributed by atoms with E-state index in [0.29, 0.717) is 23.7 Å². The maximum Gasteiger partial charge on any atom is 0.310 e. The molecule has 22 heavy (non-hydrogen) atoms. The molecule has 0 spiro atoms. The highest BCUT2D eigenvalue weighted by atomic mass is 16.5. The molecule has 0 saturated heterocycles. The number of esters is 1. The zero-order valence-corrected chi connectivity index (χ0v) is 12.6. The molecule has 1 aromatic carbocycles. The molecule has 6 heteroatoms. The molecule has 0 aliphatic rings. The van der Waals surface area contributed by atoms with Crippen molar-refractivity contribution in [2.75, 3.05) is 17.7 Å². The molecule has 1 heterocycles. The Hall–Kier alpha value is -2.76. The molecular formula is C16H19N3O3. The van der Waals surface area contributed by atoms with E-state index in [0.717, 1.165) is 5.56 Å². The van der Waals surface area contributed by atoms with Crippen LogP contribution in [0.1, 0.15) is 23.0 Å². The predicted molar refractivity (Wildman–Crippen MR) is 84.6 cm³/mol. The monoisotopic (exact) mass is 301 g/mol. The molecule has 116 valence electrons. The Balaban J connectivity index is 2.08. The second kappa shape index (κ2) is 6.80. The van der Waals surface area contributed by atoms with Crippen molar-refractivity contribution >= 4 is 23.3 Å². The lowest BCUT2D eigenvalue weighted by Crippen LogP contribution is -2.15. The smallest absolute Gasteiger partial charge is 0.310 e. The number of amides is 1. The third-order valence-corrected chi connectivity index (χ3v) is 3.10. The Kier molecular flexibility index (Phi) is 4.83. The van der Waals surface area contributed by atoms with Crippen molar-refractivity contribution < 1.29 is 14.3 Å². The lowest BCUT2D eigenvalue weighted by molar-refractivity contribution is -0.142. The Morgan fingerprint density at radius 3 is 2.73 bits per heavy atom. The fourth-order valence-electron chi connectivity index (χ4n) is 2.15. The molecule has 6 nitrogen and oxygen atoms in total. The highest BCUT2D eigenvalue weighted by Gasteiger charge is 2.12. The highest BCUT2D eigenvalue weighted by Crippen LogP contribution is 2.15. The summed E-state index contributed by atoms with van der Waals surface area (Å²) in [6.45, 7) is 2.12. The van der Waals surface area contributed by atoms with Gasteiger partial charge in [-0.15, -0.1) is 0 Å². The topological polar surface area (TPSA) is 86.3 Å². The van der Waals surface area contributed by atoms with Gasteiger partial charge in [0.25, 0.3) is 5.91 Å². The van der Waals surface area contributed by atoms with Gasteiger partial charge in [-0.05, 0) is 30.7 Å². The molecule has 0 saturated carbocycles.